The Labute approximate surface area is 131 Å². The molecule has 21 heavy (non-hydrogen) atoms. The van der Waals surface area contributed by atoms with Crippen LogP contribution in [0, 0.1) is 6.92 Å². The van der Waals surface area contributed by atoms with Gasteiger partial charge < -0.3 is 10.1 Å². The van der Waals surface area contributed by atoms with Gasteiger partial charge in [-0.05, 0) is 43.0 Å². The van der Waals surface area contributed by atoms with Crippen LogP contribution in [0.25, 0.3) is 0 Å². The zero-order valence-corrected chi connectivity index (χ0v) is 13.0. The lowest BCUT2D eigenvalue weighted by Gasteiger charge is -2.10. The van der Waals surface area contributed by atoms with Crippen LogP contribution in [0.15, 0.2) is 42.5 Å². The molecule has 2 nitrogen and oxygen atoms in total. The Morgan fingerprint density at radius 3 is 2.71 bits per heavy atom. The molecule has 0 amide bonds. The van der Waals surface area contributed by atoms with Gasteiger partial charge in [-0.3, -0.25) is 0 Å². The molecule has 110 valence electrons. The van der Waals surface area contributed by atoms with Crippen molar-refractivity contribution in [1.82, 2.24) is 5.32 Å². The van der Waals surface area contributed by atoms with Gasteiger partial charge in [0.05, 0.1) is 5.02 Å². The maximum atomic E-state index is 6.31. The summed E-state index contributed by atoms with van der Waals surface area (Å²) in [5.41, 5.74) is 3.60. The highest BCUT2D eigenvalue weighted by Crippen LogP contribution is 2.27. The van der Waals surface area contributed by atoms with Crippen LogP contribution in [-0.2, 0) is 13.2 Å². The summed E-state index contributed by atoms with van der Waals surface area (Å²) in [6, 6.07) is 15.1. The van der Waals surface area contributed by atoms with Crippen LogP contribution < -0.4 is 10.1 Å². The van der Waals surface area contributed by atoms with Gasteiger partial charge in [0.25, 0.3) is 0 Å². The number of ether oxygens (including phenoxy) is 1. The predicted molar refractivity (Wildman–Crippen MR) is 86.8 cm³/mol. The Bertz CT molecular complexity index is 622. The van der Waals surface area contributed by atoms with Crippen molar-refractivity contribution in [3.63, 3.8) is 0 Å². The SMILES string of the molecule is Cc1cccc(COc2ccc(CNC3CC3)cc2Cl)c1. The first-order valence-corrected chi connectivity index (χ1v) is 7.78. The normalized spacial score (nSPS) is 14.2. The quantitative estimate of drug-likeness (QED) is 0.849. The van der Waals surface area contributed by atoms with Crippen LogP contribution in [0.2, 0.25) is 5.02 Å². The first kappa shape index (κ1) is 14.4. The molecule has 1 aliphatic rings. The van der Waals surface area contributed by atoms with Gasteiger partial charge in [0.2, 0.25) is 0 Å². The molecule has 0 spiro atoms. The van der Waals surface area contributed by atoms with E-state index < -0.39 is 0 Å². The summed E-state index contributed by atoms with van der Waals surface area (Å²) in [4.78, 5) is 0. The van der Waals surface area contributed by atoms with Crippen LogP contribution in [-0.4, -0.2) is 6.04 Å². The van der Waals surface area contributed by atoms with E-state index in [1.54, 1.807) is 0 Å². The summed E-state index contributed by atoms with van der Waals surface area (Å²) in [7, 11) is 0. The first-order chi connectivity index (χ1) is 10.2. The maximum Gasteiger partial charge on any atom is 0.138 e. The molecular weight excluding hydrogens is 282 g/mol. The van der Waals surface area contributed by atoms with Gasteiger partial charge in [-0.2, -0.15) is 0 Å². The lowest BCUT2D eigenvalue weighted by atomic mass is 10.1. The van der Waals surface area contributed by atoms with Crippen molar-refractivity contribution in [2.75, 3.05) is 0 Å². The maximum absolute atomic E-state index is 6.31. The molecule has 0 heterocycles. The summed E-state index contributed by atoms with van der Waals surface area (Å²) < 4.78 is 5.82. The molecule has 0 aliphatic heterocycles. The molecule has 1 fully saturated rings. The predicted octanol–water partition coefficient (Wildman–Crippen LogP) is 4.48. The highest BCUT2D eigenvalue weighted by molar-refractivity contribution is 6.32. The minimum atomic E-state index is 0.543. The fraction of sp³-hybridized carbons (Fsp3) is 0.333. The van der Waals surface area contributed by atoms with Crippen molar-refractivity contribution in [2.45, 2.75) is 39.0 Å². The second kappa shape index (κ2) is 6.50. The van der Waals surface area contributed by atoms with Crippen molar-refractivity contribution in [3.8, 4) is 5.75 Å². The minimum Gasteiger partial charge on any atom is -0.487 e. The summed E-state index contributed by atoms with van der Waals surface area (Å²) in [6.07, 6.45) is 2.59. The van der Waals surface area contributed by atoms with Crippen molar-refractivity contribution in [3.05, 3.63) is 64.2 Å². The van der Waals surface area contributed by atoms with Gasteiger partial charge in [0, 0.05) is 12.6 Å². The summed E-state index contributed by atoms with van der Waals surface area (Å²) in [5.74, 6) is 0.744. The van der Waals surface area contributed by atoms with Gasteiger partial charge in [0.1, 0.15) is 12.4 Å². The molecule has 0 radical (unpaired) electrons. The van der Waals surface area contributed by atoms with E-state index in [1.807, 2.05) is 18.2 Å². The highest BCUT2D eigenvalue weighted by atomic mass is 35.5. The van der Waals surface area contributed by atoms with E-state index in [2.05, 4.69) is 36.5 Å². The summed E-state index contributed by atoms with van der Waals surface area (Å²) >= 11 is 6.31. The fourth-order valence-corrected chi connectivity index (χ4v) is 2.54. The van der Waals surface area contributed by atoms with E-state index in [0.29, 0.717) is 17.7 Å². The van der Waals surface area contributed by atoms with Gasteiger partial charge >= 0.3 is 0 Å². The smallest absolute Gasteiger partial charge is 0.138 e. The number of hydrogen-bond acceptors (Lipinski definition) is 2. The van der Waals surface area contributed by atoms with Crippen LogP contribution in [0.3, 0.4) is 0 Å². The van der Waals surface area contributed by atoms with Crippen molar-refractivity contribution in [2.24, 2.45) is 0 Å². The molecule has 0 unspecified atom stereocenters. The molecule has 0 atom stereocenters. The zero-order valence-electron chi connectivity index (χ0n) is 12.2. The summed E-state index contributed by atoms with van der Waals surface area (Å²) in [5, 5.41) is 4.16. The summed E-state index contributed by atoms with van der Waals surface area (Å²) in [6.45, 7) is 3.50. The molecule has 0 bridgehead atoms. The third kappa shape index (κ3) is 4.23. The van der Waals surface area contributed by atoms with E-state index in [1.165, 1.54) is 24.0 Å². The lowest BCUT2D eigenvalue weighted by molar-refractivity contribution is 0.306. The fourth-order valence-electron chi connectivity index (χ4n) is 2.28. The molecule has 2 aromatic rings. The van der Waals surface area contributed by atoms with Gasteiger partial charge in [0.15, 0.2) is 0 Å². The topological polar surface area (TPSA) is 21.3 Å². The van der Waals surface area contributed by atoms with E-state index in [9.17, 15) is 0 Å². The van der Waals surface area contributed by atoms with Gasteiger partial charge in [-0.1, -0.05) is 47.5 Å². The number of halogens is 1. The molecule has 1 saturated carbocycles. The second-order valence-corrected chi connectivity index (χ2v) is 6.10. The third-order valence-corrected chi connectivity index (χ3v) is 3.94. The molecule has 3 heteroatoms. The Morgan fingerprint density at radius 2 is 2.00 bits per heavy atom. The Kier molecular flexibility index (Phi) is 4.47. The molecule has 2 aromatic carbocycles. The molecule has 1 aliphatic carbocycles. The number of hydrogen-bond donors (Lipinski definition) is 1. The Morgan fingerprint density at radius 1 is 1.14 bits per heavy atom. The number of aryl methyl sites for hydroxylation is 1. The minimum absolute atomic E-state index is 0.543. The monoisotopic (exact) mass is 301 g/mol. The molecule has 0 saturated heterocycles. The average Bonchev–Trinajstić information content (AvgIpc) is 3.28. The molecular formula is C18H20ClNO. The van der Waals surface area contributed by atoms with Gasteiger partial charge in [-0.15, -0.1) is 0 Å². The van der Waals surface area contributed by atoms with Crippen LogP contribution in [0.1, 0.15) is 29.5 Å². The van der Waals surface area contributed by atoms with Crippen LogP contribution in [0.4, 0.5) is 0 Å². The standard InChI is InChI=1S/C18H20ClNO/c1-13-3-2-4-15(9-13)12-21-18-8-5-14(10-17(18)19)11-20-16-6-7-16/h2-5,8-10,16,20H,6-7,11-12H2,1H3. The number of nitrogens with one attached hydrogen (secondary N) is 1. The van der Waals surface area contributed by atoms with Crippen molar-refractivity contribution < 1.29 is 4.74 Å². The van der Waals surface area contributed by atoms with Crippen molar-refractivity contribution in [1.29, 1.82) is 0 Å². The molecule has 3 rings (SSSR count). The average molecular weight is 302 g/mol. The largest absolute Gasteiger partial charge is 0.487 e. The van der Waals surface area contributed by atoms with E-state index >= 15 is 0 Å². The Balaban J connectivity index is 1.59. The Hall–Kier alpha value is -1.51. The third-order valence-electron chi connectivity index (χ3n) is 3.65. The number of rotatable bonds is 6. The lowest BCUT2D eigenvalue weighted by Crippen LogP contribution is -2.15. The zero-order chi connectivity index (χ0) is 14.7. The number of benzene rings is 2. The van der Waals surface area contributed by atoms with E-state index in [0.717, 1.165) is 17.9 Å². The molecule has 0 aromatic heterocycles. The van der Waals surface area contributed by atoms with Crippen molar-refractivity contribution >= 4 is 11.6 Å². The van der Waals surface area contributed by atoms with Crippen LogP contribution >= 0.6 is 11.6 Å². The molecule has 1 N–H and O–H groups in total. The van der Waals surface area contributed by atoms with Crippen LogP contribution in [0.5, 0.6) is 5.75 Å². The van der Waals surface area contributed by atoms with E-state index in [4.69, 9.17) is 16.3 Å². The van der Waals surface area contributed by atoms with E-state index in [-0.39, 0.29) is 0 Å². The van der Waals surface area contributed by atoms with Gasteiger partial charge in [-0.25, -0.2) is 0 Å². The first-order valence-electron chi connectivity index (χ1n) is 7.41. The second-order valence-electron chi connectivity index (χ2n) is 5.70. The highest BCUT2D eigenvalue weighted by Gasteiger charge is 2.20.